The number of nitrogens with one attached hydrogen (secondary N) is 1. The molecule has 5 heteroatoms. The van der Waals surface area contributed by atoms with E-state index in [0.29, 0.717) is 16.6 Å². The number of hydrogen-bond acceptors (Lipinski definition) is 3. The Labute approximate surface area is 94.4 Å². The zero-order chi connectivity index (χ0) is 11.7. The van der Waals surface area contributed by atoms with Crippen LogP contribution in [0.1, 0.15) is 21.8 Å². The van der Waals surface area contributed by atoms with Crippen LogP contribution < -0.4 is 10.8 Å². The Balaban J connectivity index is 2.49. The van der Waals surface area contributed by atoms with E-state index < -0.39 is 5.92 Å². The first kappa shape index (κ1) is 10.7. The molecule has 0 saturated carbocycles. The van der Waals surface area contributed by atoms with Crippen LogP contribution in [0.25, 0.3) is 0 Å². The maximum absolute atomic E-state index is 11.5. The van der Waals surface area contributed by atoms with Crippen LogP contribution >= 0.6 is 0 Å². The summed E-state index contributed by atoms with van der Waals surface area (Å²) in [5.74, 6) is -1.02. The number of esters is 1. The Morgan fingerprint density at radius 1 is 1.56 bits per heavy atom. The molecule has 0 aliphatic carbocycles. The van der Waals surface area contributed by atoms with Crippen molar-refractivity contribution in [1.82, 2.24) is 5.32 Å². The highest BCUT2D eigenvalue weighted by Crippen LogP contribution is 2.23. The third kappa shape index (κ3) is 1.69. The quantitative estimate of drug-likeness (QED) is 0.506. The van der Waals surface area contributed by atoms with Gasteiger partial charge in [0.05, 0.1) is 13.0 Å². The van der Waals surface area contributed by atoms with Gasteiger partial charge in [0.15, 0.2) is 0 Å². The minimum atomic E-state index is -0.471. The van der Waals surface area contributed by atoms with Gasteiger partial charge in [-0.2, -0.15) is 0 Å². The van der Waals surface area contributed by atoms with E-state index in [4.69, 9.17) is 12.6 Å². The van der Waals surface area contributed by atoms with Crippen LogP contribution in [-0.4, -0.2) is 33.4 Å². The molecular formula is C11H10BNO3. The van der Waals surface area contributed by atoms with Crippen molar-refractivity contribution in [2.75, 3.05) is 13.7 Å². The second kappa shape index (κ2) is 4.00. The predicted molar refractivity (Wildman–Crippen MR) is 58.9 cm³/mol. The van der Waals surface area contributed by atoms with Crippen LogP contribution in [-0.2, 0) is 9.53 Å². The van der Waals surface area contributed by atoms with Crippen molar-refractivity contribution in [2.24, 2.45) is 0 Å². The summed E-state index contributed by atoms with van der Waals surface area (Å²) in [5.41, 5.74) is 1.65. The van der Waals surface area contributed by atoms with E-state index in [-0.39, 0.29) is 18.4 Å². The van der Waals surface area contributed by atoms with Gasteiger partial charge in [0.25, 0.3) is 5.91 Å². The summed E-state index contributed by atoms with van der Waals surface area (Å²) in [6, 6.07) is 4.91. The normalized spacial score (nSPS) is 18.6. The summed E-state index contributed by atoms with van der Waals surface area (Å²) in [7, 11) is 6.97. The van der Waals surface area contributed by atoms with Crippen molar-refractivity contribution in [2.45, 2.75) is 5.92 Å². The number of rotatable bonds is 1. The summed E-state index contributed by atoms with van der Waals surface area (Å²) >= 11 is 0. The highest BCUT2D eigenvalue weighted by molar-refractivity contribution is 6.32. The van der Waals surface area contributed by atoms with Crippen molar-refractivity contribution >= 4 is 25.2 Å². The van der Waals surface area contributed by atoms with Gasteiger partial charge in [-0.3, -0.25) is 9.59 Å². The lowest BCUT2D eigenvalue weighted by molar-refractivity contribution is -0.142. The van der Waals surface area contributed by atoms with Gasteiger partial charge in [-0.05, 0) is 11.6 Å². The number of hydrogen-bond donors (Lipinski definition) is 1. The summed E-state index contributed by atoms with van der Waals surface area (Å²) in [6.45, 7) is 0.252. The number of carbonyl (C=O) groups excluding carboxylic acids is 2. The molecule has 80 valence electrons. The molecule has 1 aromatic carbocycles. The minimum absolute atomic E-state index is 0.185. The van der Waals surface area contributed by atoms with E-state index in [1.54, 1.807) is 18.2 Å². The van der Waals surface area contributed by atoms with Crippen molar-refractivity contribution in [3.05, 3.63) is 29.3 Å². The Bertz CT molecular complexity index is 459. The molecule has 1 heterocycles. The summed E-state index contributed by atoms with van der Waals surface area (Å²) < 4.78 is 4.69. The Morgan fingerprint density at radius 3 is 3.00 bits per heavy atom. The van der Waals surface area contributed by atoms with Crippen LogP contribution in [0.2, 0.25) is 0 Å². The second-order valence-corrected chi connectivity index (χ2v) is 3.63. The number of methoxy groups -OCH3 is 1. The average Bonchev–Trinajstić information content (AvgIpc) is 2.28. The maximum atomic E-state index is 11.5. The summed E-state index contributed by atoms with van der Waals surface area (Å²) in [4.78, 5) is 23.1. The second-order valence-electron chi connectivity index (χ2n) is 3.63. The van der Waals surface area contributed by atoms with Gasteiger partial charge in [0.1, 0.15) is 7.85 Å². The SMILES string of the molecule is [B]c1ccc2c(c1)C(C(=O)OC)CNC2=O. The molecule has 1 amide bonds. The number of ether oxygens (including phenoxy) is 1. The smallest absolute Gasteiger partial charge is 0.314 e. The zero-order valence-corrected chi connectivity index (χ0v) is 8.82. The van der Waals surface area contributed by atoms with Gasteiger partial charge in [-0.1, -0.05) is 17.6 Å². The molecular weight excluding hydrogens is 205 g/mol. The van der Waals surface area contributed by atoms with Gasteiger partial charge in [0, 0.05) is 12.1 Å². The molecule has 0 fully saturated rings. The minimum Gasteiger partial charge on any atom is -0.468 e. The lowest BCUT2D eigenvalue weighted by atomic mass is 9.84. The molecule has 1 unspecified atom stereocenters. The predicted octanol–water partition coefficient (Wildman–Crippen LogP) is -0.520. The van der Waals surface area contributed by atoms with Crippen LogP contribution in [0.5, 0.6) is 0 Å². The molecule has 0 saturated heterocycles. The largest absolute Gasteiger partial charge is 0.468 e. The molecule has 0 bridgehead atoms. The Kier molecular flexibility index (Phi) is 2.68. The van der Waals surface area contributed by atoms with E-state index in [9.17, 15) is 9.59 Å². The molecule has 1 aliphatic heterocycles. The van der Waals surface area contributed by atoms with Crippen LogP contribution in [0, 0.1) is 0 Å². The first-order chi connectivity index (χ1) is 7.63. The lowest BCUT2D eigenvalue weighted by Gasteiger charge is -2.24. The standard InChI is InChI=1S/C11H10BNO3/c1-16-11(15)9-5-13-10(14)7-3-2-6(12)4-8(7)9/h2-4,9H,5H2,1H3,(H,13,14). The third-order valence-corrected chi connectivity index (χ3v) is 2.65. The van der Waals surface area contributed by atoms with Gasteiger partial charge in [-0.15, -0.1) is 0 Å². The third-order valence-electron chi connectivity index (χ3n) is 2.65. The topological polar surface area (TPSA) is 55.4 Å². The monoisotopic (exact) mass is 215 g/mol. The first-order valence-electron chi connectivity index (χ1n) is 4.89. The van der Waals surface area contributed by atoms with E-state index in [0.717, 1.165) is 0 Å². The van der Waals surface area contributed by atoms with Crippen LogP contribution in [0.4, 0.5) is 0 Å². The first-order valence-corrected chi connectivity index (χ1v) is 4.89. The molecule has 0 spiro atoms. The molecule has 2 radical (unpaired) electrons. The van der Waals surface area contributed by atoms with Crippen molar-refractivity contribution in [1.29, 1.82) is 0 Å². The fourth-order valence-corrected chi connectivity index (χ4v) is 1.83. The Morgan fingerprint density at radius 2 is 2.31 bits per heavy atom. The van der Waals surface area contributed by atoms with E-state index in [1.807, 2.05) is 0 Å². The van der Waals surface area contributed by atoms with Gasteiger partial charge in [0.2, 0.25) is 0 Å². The molecule has 16 heavy (non-hydrogen) atoms. The van der Waals surface area contributed by atoms with Crippen molar-refractivity contribution in [3.8, 4) is 0 Å². The van der Waals surface area contributed by atoms with Crippen LogP contribution in [0.15, 0.2) is 18.2 Å². The molecule has 1 atom stereocenters. The highest BCUT2D eigenvalue weighted by Gasteiger charge is 2.30. The molecule has 1 aliphatic rings. The molecule has 2 rings (SSSR count). The van der Waals surface area contributed by atoms with E-state index >= 15 is 0 Å². The number of amides is 1. The molecule has 1 aromatic rings. The lowest BCUT2D eigenvalue weighted by Crippen LogP contribution is -2.39. The van der Waals surface area contributed by atoms with Crippen LogP contribution in [0.3, 0.4) is 0 Å². The maximum Gasteiger partial charge on any atom is 0.314 e. The number of benzene rings is 1. The number of carbonyl (C=O) groups is 2. The van der Waals surface area contributed by atoms with Gasteiger partial charge < -0.3 is 10.1 Å². The van der Waals surface area contributed by atoms with E-state index in [2.05, 4.69) is 5.32 Å². The fourth-order valence-electron chi connectivity index (χ4n) is 1.83. The zero-order valence-electron chi connectivity index (χ0n) is 8.82. The molecule has 0 aromatic heterocycles. The molecule has 1 N–H and O–H groups in total. The average molecular weight is 215 g/mol. The van der Waals surface area contributed by atoms with Crippen molar-refractivity contribution < 1.29 is 14.3 Å². The van der Waals surface area contributed by atoms with Gasteiger partial charge in [-0.25, -0.2) is 0 Å². The van der Waals surface area contributed by atoms with Crippen molar-refractivity contribution in [3.63, 3.8) is 0 Å². The summed E-state index contributed by atoms with van der Waals surface area (Å²) in [6.07, 6.45) is 0. The van der Waals surface area contributed by atoms with Gasteiger partial charge >= 0.3 is 5.97 Å². The Hall–Kier alpha value is -1.78. The fraction of sp³-hybridized carbons (Fsp3) is 0.273. The van der Waals surface area contributed by atoms with E-state index in [1.165, 1.54) is 7.11 Å². The summed E-state index contributed by atoms with van der Waals surface area (Å²) in [5, 5.41) is 2.64. The molecule has 4 nitrogen and oxygen atoms in total. The highest BCUT2D eigenvalue weighted by atomic mass is 16.5. The number of fused-ring (bicyclic) bond motifs is 1.